The van der Waals surface area contributed by atoms with Crippen molar-refractivity contribution in [2.75, 3.05) is 0 Å². The largest absolute Gasteiger partial charge is 0.212 e. The Balaban J connectivity index is 0.000000179. The van der Waals surface area contributed by atoms with E-state index in [1.54, 1.807) is 18.2 Å². The van der Waals surface area contributed by atoms with Crippen LogP contribution in [-0.2, 0) is 68.5 Å². The van der Waals surface area contributed by atoms with E-state index < -0.39 is 26.0 Å². The predicted molar refractivity (Wildman–Crippen MR) is 479 cm³/mol. The molecule has 0 aliphatic carbocycles. The fourth-order valence-electron chi connectivity index (χ4n) is 14.0. The van der Waals surface area contributed by atoms with Gasteiger partial charge in [-0.05, 0) is 240 Å². The molecule has 0 amide bonds. The van der Waals surface area contributed by atoms with E-state index in [0.29, 0.717) is 17.0 Å². The summed E-state index contributed by atoms with van der Waals surface area (Å²) in [5.41, 5.74) is 32.4. The second-order valence-electron chi connectivity index (χ2n) is 30.8. The van der Waals surface area contributed by atoms with Crippen LogP contribution < -0.4 is 32.0 Å². The first-order valence-corrected chi connectivity index (χ1v) is 39.9. The minimum absolute atomic E-state index is 0.0556. The number of hydrogen-bond acceptors (Lipinski definition) is 0. The monoisotopic (exact) mass is 1520 g/mol. The van der Waals surface area contributed by atoms with Crippen LogP contribution in [0.2, 0.25) is 0 Å². The maximum Gasteiger partial charge on any atom is 0.212 e. The van der Waals surface area contributed by atoms with Crippen LogP contribution >= 0.6 is 0 Å². The summed E-state index contributed by atoms with van der Waals surface area (Å²) >= 11 is 0. The Kier molecular flexibility index (Phi) is 28.4. The summed E-state index contributed by atoms with van der Waals surface area (Å²) in [6, 6.07) is 86.7. The molecule has 0 aliphatic rings. The topological polar surface area (TPSA) is 27.2 Å². The predicted octanol–water partition coefficient (Wildman–Crippen LogP) is 22.4. The van der Waals surface area contributed by atoms with E-state index in [4.69, 9.17) is 12.3 Å². The van der Waals surface area contributed by atoms with Gasteiger partial charge in [0.05, 0.1) is 0 Å². The molecule has 7 nitrogen and oxygen atoms in total. The molecular formula is C107H130N7+7. The molecule has 14 rings (SSSR count). The minimum Gasteiger partial charge on any atom is -0.201 e. The van der Waals surface area contributed by atoms with E-state index >= 15 is 0 Å². The van der Waals surface area contributed by atoms with Crippen molar-refractivity contribution in [2.45, 2.75) is 143 Å². The highest BCUT2D eigenvalue weighted by Crippen LogP contribution is 2.29. The summed E-state index contributed by atoms with van der Waals surface area (Å²) in [6.07, 6.45) is 15.0. The highest BCUT2D eigenvalue weighted by atomic mass is 14.9. The molecule has 586 valence electrons. The molecule has 114 heavy (non-hydrogen) atoms. The molecule has 1 atom stereocenters. The molecule has 0 spiro atoms. The first-order valence-electron chi connectivity index (χ1n) is 44.4. The standard InChI is InChI=1S/2C17H22N.C16H20N.C15H18N.3C14H16N/c1-13(2)11-15-8-9-16(14(3)12-15)17-7-5-6-10-18(17)4;1-13(2)11-15-9-10-18(4)17(12-15)16-8-6-5-7-14(16)3;1-12(2)14-9-10-17(4)16(11-14)15-8-6-5-7-13(15)3;1-4-13-8-9-14(12(2)11-13)15-7-5-6-10-16(15)3;2*1-11-7-8-13(12(2)10-11)14-6-4-5-9-15(14)3;1-11-7-8-12(2)13(10-11)14-6-4-5-9-15(14)3/h2*5-10,12-13H,11H2,1-4H3;5-12H,1-4H3;5-11H,4H2,1-3H3;3*4-10H,1-3H3/q7*+1/i;11D2;1D3,12D;;1D3;;. The lowest BCUT2D eigenvalue weighted by Crippen LogP contribution is -2.30. The van der Waals surface area contributed by atoms with Crippen LogP contribution in [-0.4, -0.2) is 0 Å². The average molecular weight is 1520 g/mol. The van der Waals surface area contributed by atoms with Crippen LogP contribution in [0.4, 0.5) is 0 Å². The van der Waals surface area contributed by atoms with Crippen molar-refractivity contribution in [2.24, 2.45) is 61.2 Å². The molecule has 1 unspecified atom stereocenters. The lowest BCUT2D eigenvalue weighted by atomic mass is 9.97. The van der Waals surface area contributed by atoms with Gasteiger partial charge in [0.15, 0.2) is 43.4 Å². The second kappa shape index (κ2) is 43.0. The quantitative estimate of drug-likeness (QED) is 0.103. The van der Waals surface area contributed by atoms with Crippen LogP contribution in [0, 0.1) is 81.0 Å². The SMILES string of the molecule is CCc1ccc(-c2cccc[n+]2C)c(C)c1.Cc1cc(CC(C)C)ccc1-c1cccc[n+]1C.Cc1ccc(-c2cccc[n+]2C)c(C)c1.Cc1ccc(C)c(-c2cccc[n+]2C)c1.[2H]C([2H])([2H])C([2H])(C)c1cc[n+](C)c(-c2ccccc2C)c1.[2H]C([2H])([2H])c1ccc(-c2cccc[n+]2C)c(C)c1.[2H]C([2H])(c1cc[n+](C)c(-c2ccccc2C)c1)C(C)C. The first kappa shape index (κ1) is 75.3. The summed E-state index contributed by atoms with van der Waals surface area (Å²) in [4.78, 5) is 0. The highest BCUT2D eigenvalue weighted by Gasteiger charge is 2.19. The van der Waals surface area contributed by atoms with Crippen molar-refractivity contribution in [3.63, 3.8) is 0 Å². The van der Waals surface area contributed by atoms with E-state index in [-0.39, 0.29) is 5.92 Å². The van der Waals surface area contributed by atoms with Crippen molar-refractivity contribution in [3.05, 3.63) is 376 Å². The van der Waals surface area contributed by atoms with Crippen molar-refractivity contribution in [1.82, 2.24) is 0 Å². The number of rotatable bonds is 13. The van der Waals surface area contributed by atoms with E-state index in [1.807, 2.05) is 166 Å². The fraction of sp³-hybridized carbons (Fsp3) is 0.280. The summed E-state index contributed by atoms with van der Waals surface area (Å²) < 4.78 is 84.4. The van der Waals surface area contributed by atoms with Crippen molar-refractivity contribution < 1.29 is 44.3 Å². The molecular weight excluding hydrogens is 1380 g/mol. The molecule has 0 N–H and O–H groups in total. The van der Waals surface area contributed by atoms with Gasteiger partial charge in [-0.25, -0.2) is 32.0 Å². The van der Waals surface area contributed by atoms with Crippen molar-refractivity contribution in [1.29, 1.82) is 0 Å². The third kappa shape index (κ3) is 25.3. The Bertz CT molecular complexity index is 5880. The molecule has 0 radical (unpaired) electrons. The molecule has 7 heterocycles. The third-order valence-corrected chi connectivity index (χ3v) is 20.3. The van der Waals surface area contributed by atoms with Crippen molar-refractivity contribution >= 4 is 0 Å². The average Bonchev–Trinajstić information content (AvgIpc) is 0.772. The van der Waals surface area contributed by atoms with Gasteiger partial charge in [-0.1, -0.05) is 162 Å². The Morgan fingerprint density at radius 1 is 0.281 bits per heavy atom. The number of nitrogens with zero attached hydrogens (tertiary/aromatic N) is 7. The van der Waals surface area contributed by atoms with Crippen LogP contribution in [0.25, 0.3) is 78.8 Å². The van der Waals surface area contributed by atoms with E-state index in [0.717, 1.165) is 63.3 Å². The Morgan fingerprint density at radius 2 is 0.623 bits per heavy atom. The fourth-order valence-corrected chi connectivity index (χ4v) is 14.0. The number of pyridine rings is 7. The zero-order valence-electron chi connectivity index (χ0n) is 81.0. The van der Waals surface area contributed by atoms with E-state index in [9.17, 15) is 0 Å². The van der Waals surface area contributed by atoms with Crippen LogP contribution in [0.15, 0.2) is 298 Å². The first-order chi connectivity index (χ1) is 58.0. The Morgan fingerprint density at radius 3 is 1.03 bits per heavy atom. The second-order valence-corrected chi connectivity index (χ2v) is 30.8. The van der Waals surface area contributed by atoms with Gasteiger partial charge in [0.25, 0.3) is 0 Å². The van der Waals surface area contributed by atoms with Gasteiger partial charge in [0.2, 0.25) is 39.9 Å². The van der Waals surface area contributed by atoms with Crippen LogP contribution in [0.3, 0.4) is 0 Å². The smallest absolute Gasteiger partial charge is 0.201 e. The van der Waals surface area contributed by atoms with Gasteiger partial charge < -0.3 is 0 Å². The van der Waals surface area contributed by atoms with Gasteiger partial charge >= 0.3 is 0 Å². The van der Waals surface area contributed by atoms with Gasteiger partial charge in [0.1, 0.15) is 49.3 Å². The number of benzene rings is 7. The summed E-state index contributed by atoms with van der Waals surface area (Å²) in [6.45, 7) is 26.6. The number of aryl methyl sites for hydroxylation is 18. The number of aromatic nitrogens is 7. The third-order valence-electron chi connectivity index (χ3n) is 20.3. The molecule has 0 saturated carbocycles. The molecule has 0 bridgehead atoms. The van der Waals surface area contributed by atoms with Crippen LogP contribution in [0.5, 0.6) is 0 Å². The maximum atomic E-state index is 8.26. The molecule has 0 aliphatic heterocycles. The number of hydrogen-bond donors (Lipinski definition) is 0. The minimum atomic E-state index is -2.37. The van der Waals surface area contributed by atoms with Gasteiger partial charge in [0, 0.05) is 136 Å². The van der Waals surface area contributed by atoms with E-state index in [1.165, 1.54) is 102 Å². The van der Waals surface area contributed by atoms with E-state index in [2.05, 4.69) is 292 Å². The lowest BCUT2D eigenvalue weighted by molar-refractivity contribution is -0.660. The van der Waals surface area contributed by atoms with Crippen molar-refractivity contribution in [3.8, 4) is 78.8 Å². The van der Waals surface area contributed by atoms with Gasteiger partial charge in [-0.15, -0.1) is 0 Å². The zero-order chi connectivity index (χ0) is 90.4. The molecule has 7 aromatic heterocycles. The molecule has 14 aromatic rings. The lowest BCUT2D eigenvalue weighted by Gasteiger charge is -2.09. The molecule has 0 fully saturated rings. The zero-order valence-corrected chi connectivity index (χ0v) is 72.0. The molecule has 7 aromatic carbocycles. The summed E-state index contributed by atoms with van der Waals surface area (Å²) in [5.74, 6) is -0.971. The summed E-state index contributed by atoms with van der Waals surface area (Å²) in [7, 11) is 14.2. The van der Waals surface area contributed by atoms with Gasteiger partial charge in [-0.3, -0.25) is 0 Å². The maximum absolute atomic E-state index is 8.26. The highest BCUT2D eigenvalue weighted by molar-refractivity contribution is 5.66. The van der Waals surface area contributed by atoms with Crippen LogP contribution in [0.1, 0.15) is 145 Å². The molecule has 7 heteroatoms. The normalized spacial score (nSPS) is 12.6. The Labute approximate surface area is 699 Å². The summed E-state index contributed by atoms with van der Waals surface area (Å²) in [5, 5.41) is 0. The molecule has 0 saturated heterocycles. The Hall–Kier alpha value is -11.4. The van der Waals surface area contributed by atoms with Gasteiger partial charge in [-0.2, -0.15) is 0 Å².